The molecule has 74 valence electrons. The van der Waals surface area contributed by atoms with Crippen LogP contribution in [0.3, 0.4) is 0 Å². The molecule has 1 aliphatic heterocycles. The molecule has 0 N–H and O–H groups in total. The van der Waals surface area contributed by atoms with Gasteiger partial charge in [0.2, 0.25) is 0 Å². The molecule has 1 rings (SSSR count). The first-order valence-corrected chi connectivity index (χ1v) is 4.68. The average Bonchev–Trinajstić information content (AvgIpc) is 2.19. The second-order valence-electron chi connectivity index (χ2n) is 2.92. The predicted molar refractivity (Wildman–Crippen MR) is 49.2 cm³/mol. The summed E-state index contributed by atoms with van der Waals surface area (Å²) in [5.41, 5.74) is 0. The fraction of sp³-hybridized carbons (Fsp3) is 0.800. The molecule has 0 aliphatic carbocycles. The van der Waals surface area contributed by atoms with E-state index in [2.05, 4.69) is 5.92 Å². The van der Waals surface area contributed by atoms with Crippen molar-refractivity contribution in [2.75, 3.05) is 26.4 Å². The first-order valence-electron chi connectivity index (χ1n) is 4.68. The lowest BCUT2D eigenvalue weighted by Crippen LogP contribution is -2.23. The zero-order valence-electron chi connectivity index (χ0n) is 7.83. The van der Waals surface area contributed by atoms with E-state index in [0.717, 1.165) is 19.4 Å². The second-order valence-corrected chi connectivity index (χ2v) is 2.92. The van der Waals surface area contributed by atoms with E-state index >= 15 is 0 Å². The topological polar surface area (TPSA) is 27.7 Å². The highest BCUT2D eigenvalue weighted by atomic mass is 16.7. The Morgan fingerprint density at radius 1 is 1.38 bits per heavy atom. The van der Waals surface area contributed by atoms with Crippen molar-refractivity contribution in [3.63, 3.8) is 0 Å². The monoisotopic (exact) mass is 184 g/mol. The van der Waals surface area contributed by atoms with Gasteiger partial charge in [-0.1, -0.05) is 5.92 Å². The predicted octanol–water partition coefficient (Wildman–Crippen LogP) is 1.18. The smallest absolute Gasteiger partial charge is 0.157 e. The summed E-state index contributed by atoms with van der Waals surface area (Å²) in [7, 11) is 0. The van der Waals surface area contributed by atoms with Crippen molar-refractivity contribution >= 4 is 0 Å². The third kappa shape index (κ3) is 4.89. The minimum Gasteiger partial charge on any atom is -0.366 e. The van der Waals surface area contributed by atoms with Crippen LogP contribution in [0.25, 0.3) is 0 Å². The molecule has 1 aliphatic rings. The van der Waals surface area contributed by atoms with E-state index in [-0.39, 0.29) is 6.29 Å². The van der Waals surface area contributed by atoms with E-state index in [0.29, 0.717) is 19.8 Å². The summed E-state index contributed by atoms with van der Waals surface area (Å²) in [6, 6.07) is 0. The fourth-order valence-electron chi connectivity index (χ4n) is 1.21. The van der Waals surface area contributed by atoms with Crippen LogP contribution in [0.15, 0.2) is 0 Å². The van der Waals surface area contributed by atoms with Crippen LogP contribution in [0.4, 0.5) is 0 Å². The molecule has 0 saturated carbocycles. The van der Waals surface area contributed by atoms with Gasteiger partial charge in [-0.3, -0.25) is 0 Å². The number of hydrogen-bond donors (Lipinski definition) is 0. The minimum absolute atomic E-state index is 0.0248. The molecule has 1 heterocycles. The standard InChI is InChI=1S/C10H16O3/c1-2-6-11-8-9-13-10-5-3-4-7-12-10/h1,10H,3-9H2. The summed E-state index contributed by atoms with van der Waals surface area (Å²) in [6.07, 6.45) is 8.32. The van der Waals surface area contributed by atoms with Crippen molar-refractivity contribution in [1.29, 1.82) is 0 Å². The van der Waals surface area contributed by atoms with Crippen molar-refractivity contribution in [2.24, 2.45) is 0 Å². The maximum absolute atomic E-state index is 5.41. The van der Waals surface area contributed by atoms with Gasteiger partial charge >= 0.3 is 0 Å². The van der Waals surface area contributed by atoms with Gasteiger partial charge < -0.3 is 14.2 Å². The molecule has 13 heavy (non-hydrogen) atoms. The van der Waals surface area contributed by atoms with Crippen LogP contribution in [0.5, 0.6) is 0 Å². The van der Waals surface area contributed by atoms with E-state index in [1.165, 1.54) is 6.42 Å². The van der Waals surface area contributed by atoms with Gasteiger partial charge in [0.05, 0.1) is 13.2 Å². The Labute approximate surface area is 79.4 Å². The van der Waals surface area contributed by atoms with E-state index in [1.807, 2.05) is 0 Å². The highest BCUT2D eigenvalue weighted by Crippen LogP contribution is 2.13. The van der Waals surface area contributed by atoms with Crippen LogP contribution in [0.1, 0.15) is 19.3 Å². The number of ether oxygens (including phenoxy) is 3. The van der Waals surface area contributed by atoms with E-state index < -0.39 is 0 Å². The molecule has 0 aromatic rings. The van der Waals surface area contributed by atoms with Crippen LogP contribution in [0, 0.1) is 12.3 Å². The molecule has 0 amide bonds. The first kappa shape index (κ1) is 10.5. The third-order valence-corrected chi connectivity index (χ3v) is 1.85. The van der Waals surface area contributed by atoms with Gasteiger partial charge in [-0.15, -0.1) is 6.42 Å². The normalized spacial score (nSPS) is 22.5. The molecule has 0 bridgehead atoms. The lowest BCUT2D eigenvalue weighted by Gasteiger charge is -2.22. The third-order valence-electron chi connectivity index (χ3n) is 1.85. The van der Waals surface area contributed by atoms with Gasteiger partial charge in [0, 0.05) is 6.61 Å². The largest absolute Gasteiger partial charge is 0.366 e. The summed E-state index contributed by atoms with van der Waals surface area (Å²) in [4.78, 5) is 0. The van der Waals surface area contributed by atoms with Gasteiger partial charge in [-0.25, -0.2) is 0 Å². The summed E-state index contributed by atoms with van der Waals surface area (Å²) in [5.74, 6) is 2.40. The highest BCUT2D eigenvalue weighted by molar-refractivity contribution is 4.82. The van der Waals surface area contributed by atoms with Crippen molar-refractivity contribution < 1.29 is 14.2 Å². The maximum atomic E-state index is 5.41. The highest BCUT2D eigenvalue weighted by Gasteiger charge is 2.13. The second kappa shape index (κ2) is 6.90. The van der Waals surface area contributed by atoms with Crippen LogP contribution < -0.4 is 0 Å². The average molecular weight is 184 g/mol. The summed E-state index contributed by atoms with van der Waals surface area (Å²) >= 11 is 0. The molecular weight excluding hydrogens is 168 g/mol. The Morgan fingerprint density at radius 2 is 2.31 bits per heavy atom. The molecular formula is C10H16O3. The molecule has 0 spiro atoms. The van der Waals surface area contributed by atoms with Gasteiger partial charge in [-0.2, -0.15) is 0 Å². The molecule has 1 atom stereocenters. The Hall–Kier alpha value is -0.560. The Morgan fingerprint density at radius 3 is 3.00 bits per heavy atom. The Balaban J connectivity index is 1.90. The quantitative estimate of drug-likeness (QED) is 0.474. The van der Waals surface area contributed by atoms with Crippen molar-refractivity contribution in [3.05, 3.63) is 0 Å². The molecule has 0 aromatic carbocycles. The Bertz CT molecular complexity index is 156. The van der Waals surface area contributed by atoms with Crippen molar-refractivity contribution in [3.8, 4) is 12.3 Å². The summed E-state index contributed by atoms with van der Waals surface area (Å²) in [5, 5.41) is 0. The van der Waals surface area contributed by atoms with E-state index in [4.69, 9.17) is 20.6 Å². The SMILES string of the molecule is C#CCOCCOC1CCCCO1. The zero-order valence-corrected chi connectivity index (χ0v) is 7.83. The molecule has 1 fully saturated rings. The first-order chi connectivity index (χ1) is 6.43. The summed E-state index contributed by atoms with van der Waals surface area (Å²) in [6.45, 7) is 2.28. The minimum atomic E-state index is -0.0248. The molecule has 0 aromatic heterocycles. The zero-order chi connectivity index (χ0) is 9.36. The molecule has 1 unspecified atom stereocenters. The van der Waals surface area contributed by atoms with Gasteiger partial charge in [0.15, 0.2) is 6.29 Å². The number of hydrogen-bond acceptors (Lipinski definition) is 3. The van der Waals surface area contributed by atoms with Gasteiger partial charge in [-0.05, 0) is 19.3 Å². The lowest BCUT2D eigenvalue weighted by atomic mass is 10.2. The number of rotatable bonds is 5. The van der Waals surface area contributed by atoms with Crippen LogP contribution in [-0.4, -0.2) is 32.7 Å². The van der Waals surface area contributed by atoms with Crippen molar-refractivity contribution in [1.82, 2.24) is 0 Å². The molecule has 1 saturated heterocycles. The molecule has 3 nitrogen and oxygen atoms in total. The van der Waals surface area contributed by atoms with Crippen LogP contribution in [-0.2, 0) is 14.2 Å². The molecule has 0 radical (unpaired) electrons. The van der Waals surface area contributed by atoms with Gasteiger partial charge in [0.1, 0.15) is 6.61 Å². The van der Waals surface area contributed by atoms with Crippen LogP contribution >= 0.6 is 0 Å². The number of terminal acetylenes is 1. The van der Waals surface area contributed by atoms with Gasteiger partial charge in [0.25, 0.3) is 0 Å². The Kier molecular flexibility index (Phi) is 5.59. The summed E-state index contributed by atoms with van der Waals surface area (Å²) < 4.78 is 15.8. The maximum Gasteiger partial charge on any atom is 0.157 e. The van der Waals surface area contributed by atoms with Crippen molar-refractivity contribution in [2.45, 2.75) is 25.6 Å². The van der Waals surface area contributed by atoms with E-state index in [9.17, 15) is 0 Å². The van der Waals surface area contributed by atoms with E-state index in [1.54, 1.807) is 0 Å². The fourth-order valence-corrected chi connectivity index (χ4v) is 1.21. The van der Waals surface area contributed by atoms with Crippen LogP contribution in [0.2, 0.25) is 0 Å². The lowest BCUT2D eigenvalue weighted by molar-refractivity contribution is -0.168. The molecule has 3 heteroatoms.